The van der Waals surface area contributed by atoms with E-state index in [9.17, 15) is 5.11 Å². The molecule has 10 aromatic rings. The normalized spacial score (nSPS) is 12.6. The van der Waals surface area contributed by atoms with Crippen molar-refractivity contribution in [2.24, 2.45) is 0 Å². The lowest BCUT2D eigenvalue weighted by Crippen LogP contribution is -2.19. The lowest BCUT2D eigenvalue weighted by molar-refractivity contribution is 0.446. The third kappa shape index (κ3) is 6.55. The molecule has 10 rings (SSSR count). The predicted octanol–water partition coefficient (Wildman–Crippen LogP) is 15.1. The zero-order valence-electron chi connectivity index (χ0n) is 36.7. The minimum Gasteiger partial charge on any atom is -0.507 e. The Bertz CT molecular complexity index is 3340. The van der Waals surface area contributed by atoms with E-state index in [2.05, 4.69) is 206 Å². The van der Waals surface area contributed by atoms with Crippen LogP contribution >= 0.6 is 0 Å². The molecular formula is C57H51N3O2. The van der Waals surface area contributed by atoms with Gasteiger partial charge in [-0.15, -0.1) is 0 Å². The number of aromatic nitrogens is 3. The van der Waals surface area contributed by atoms with E-state index < -0.39 is 0 Å². The number of fused-ring (bicyclic) bond motifs is 6. The summed E-state index contributed by atoms with van der Waals surface area (Å²) in [5.41, 5.74) is 12.6. The van der Waals surface area contributed by atoms with Gasteiger partial charge in [-0.25, -0.2) is 4.98 Å². The molecule has 0 aliphatic carbocycles. The van der Waals surface area contributed by atoms with E-state index in [0.717, 1.165) is 83.1 Å². The molecule has 0 saturated heterocycles. The molecule has 5 heteroatoms. The standard InChI is InChI=1S/C57H51N3O2/c1-55(2,3)39-31-44(53(61)46(32-39)56(4,5)6)54-59-52-43(24-17-25-48(52)60(54)41-21-13-10-14-22-41)36-28-37(30-40(29-36)57(7,8)38-19-11-9-12-20-38)47-33-50-45(34-58-47)51-42-23-16-15-18-35(42)26-27-49(51)62-50/h9-34,61H,1-8H3. The third-order valence-corrected chi connectivity index (χ3v) is 12.7. The number of para-hydroxylation sites is 2. The van der Waals surface area contributed by atoms with Crippen molar-refractivity contribution in [3.63, 3.8) is 0 Å². The lowest BCUT2D eigenvalue weighted by atomic mass is 9.76. The van der Waals surface area contributed by atoms with Gasteiger partial charge in [0.05, 0.1) is 22.3 Å². The maximum atomic E-state index is 12.3. The molecule has 3 heterocycles. The molecule has 3 aromatic heterocycles. The van der Waals surface area contributed by atoms with Gasteiger partial charge in [0.15, 0.2) is 0 Å². The Morgan fingerprint density at radius 2 is 1.26 bits per heavy atom. The molecule has 0 fully saturated rings. The van der Waals surface area contributed by atoms with Gasteiger partial charge in [0, 0.05) is 50.8 Å². The molecule has 7 aromatic carbocycles. The minimum absolute atomic E-state index is 0.160. The van der Waals surface area contributed by atoms with Crippen LogP contribution in [0.1, 0.15) is 77.6 Å². The molecule has 1 N–H and O–H groups in total. The fraction of sp³-hybridized carbons (Fsp3) is 0.193. The van der Waals surface area contributed by atoms with Gasteiger partial charge in [0.2, 0.25) is 0 Å². The zero-order chi connectivity index (χ0) is 43.1. The van der Waals surface area contributed by atoms with E-state index in [4.69, 9.17) is 14.4 Å². The maximum Gasteiger partial charge on any atom is 0.149 e. The van der Waals surface area contributed by atoms with Crippen LogP contribution in [-0.2, 0) is 16.2 Å². The summed E-state index contributed by atoms with van der Waals surface area (Å²) in [4.78, 5) is 10.7. The van der Waals surface area contributed by atoms with Gasteiger partial charge in [0.1, 0.15) is 22.7 Å². The number of furan rings is 1. The van der Waals surface area contributed by atoms with Crippen molar-refractivity contribution >= 4 is 43.7 Å². The summed E-state index contributed by atoms with van der Waals surface area (Å²) in [6.45, 7) is 17.7. The molecule has 0 spiro atoms. The first-order chi connectivity index (χ1) is 29.7. The number of pyridine rings is 1. The Balaban J connectivity index is 1.23. The quantitative estimate of drug-likeness (QED) is 0.182. The first-order valence-corrected chi connectivity index (χ1v) is 21.5. The average molecular weight is 810 g/mol. The van der Waals surface area contributed by atoms with E-state index in [1.54, 1.807) is 0 Å². The lowest BCUT2D eigenvalue weighted by Gasteiger charge is -2.27. The van der Waals surface area contributed by atoms with Crippen LogP contribution < -0.4 is 0 Å². The van der Waals surface area contributed by atoms with Crippen LogP contribution in [0, 0.1) is 0 Å². The molecule has 62 heavy (non-hydrogen) atoms. The maximum absolute atomic E-state index is 12.3. The highest BCUT2D eigenvalue weighted by atomic mass is 16.3. The number of nitrogens with zero attached hydrogens (tertiary/aromatic N) is 3. The van der Waals surface area contributed by atoms with Crippen molar-refractivity contribution < 1.29 is 9.52 Å². The number of hydrogen-bond acceptors (Lipinski definition) is 4. The zero-order valence-corrected chi connectivity index (χ0v) is 36.7. The van der Waals surface area contributed by atoms with Gasteiger partial charge >= 0.3 is 0 Å². The average Bonchev–Trinajstić information content (AvgIpc) is 3.85. The Labute approximate surface area is 363 Å². The highest BCUT2D eigenvalue weighted by molar-refractivity contribution is 6.18. The molecule has 0 atom stereocenters. The second kappa shape index (κ2) is 14.3. The van der Waals surface area contributed by atoms with E-state index in [1.807, 2.05) is 12.3 Å². The van der Waals surface area contributed by atoms with Crippen molar-refractivity contribution in [2.75, 3.05) is 0 Å². The third-order valence-electron chi connectivity index (χ3n) is 12.7. The van der Waals surface area contributed by atoms with Gasteiger partial charge in [0.25, 0.3) is 0 Å². The van der Waals surface area contributed by atoms with E-state index in [0.29, 0.717) is 11.4 Å². The highest BCUT2D eigenvalue weighted by Gasteiger charge is 2.30. The van der Waals surface area contributed by atoms with E-state index in [1.165, 1.54) is 10.9 Å². The Morgan fingerprint density at radius 1 is 0.548 bits per heavy atom. The molecular weight excluding hydrogens is 759 g/mol. The molecule has 0 aliphatic heterocycles. The van der Waals surface area contributed by atoms with Crippen LogP contribution in [0.4, 0.5) is 0 Å². The predicted molar refractivity (Wildman–Crippen MR) is 258 cm³/mol. The number of imidazole rings is 1. The van der Waals surface area contributed by atoms with Gasteiger partial charge in [-0.2, -0.15) is 0 Å². The van der Waals surface area contributed by atoms with Crippen molar-refractivity contribution in [3.05, 3.63) is 180 Å². The van der Waals surface area contributed by atoms with Crippen molar-refractivity contribution in [3.8, 4) is 45.2 Å². The largest absolute Gasteiger partial charge is 0.507 e. The van der Waals surface area contributed by atoms with Gasteiger partial charge < -0.3 is 9.52 Å². The Kier molecular flexibility index (Phi) is 9.04. The molecule has 0 bridgehead atoms. The fourth-order valence-electron chi connectivity index (χ4n) is 9.07. The number of hydrogen-bond donors (Lipinski definition) is 1. The summed E-state index contributed by atoms with van der Waals surface area (Å²) in [5, 5.41) is 16.7. The van der Waals surface area contributed by atoms with Crippen LogP contribution in [0.5, 0.6) is 5.75 Å². The molecule has 0 radical (unpaired) electrons. The van der Waals surface area contributed by atoms with E-state index >= 15 is 0 Å². The molecule has 0 unspecified atom stereocenters. The first-order valence-electron chi connectivity index (χ1n) is 21.5. The van der Waals surface area contributed by atoms with Crippen LogP contribution in [0.15, 0.2) is 162 Å². The number of phenols is 1. The second-order valence-electron chi connectivity index (χ2n) is 19.3. The Hall–Kier alpha value is -6.98. The second-order valence-corrected chi connectivity index (χ2v) is 19.3. The molecule has 0 amide bonds. The van der Waals surface area contributed by atoms with Crippen molar-refractivity contribution in [1.29, 1.82) is 0 Å². The van der Waals surface area contributed by atoms with Crippen LogP contribution in [0.3, 0.4) is 0 Å². The van der Waals surface area contributed by atoms with E-state index in [-0.39, 0.29) is 22.0 Å². The van der Waals surface area contributed by atoms with Gasteiger partial charge in [-0.1, -0.05) is 159 Å². The van der Waals surface area contributed by atoms with Gasteiger partial charge in [-0.05, 0) is 86.3 Å². The minimum atomic E-state index is -0.348. The number of phenolic OH excluding ortho intramolecular Hbond substituents is 1. The summed E-state index contributed by atoms with van der Waals surface area (Å²) in [6.07, 6.45) is 1.97. The highest BCUT2D eigenvalue weighted by Crippen LogP contribution is 2.45. The number of rotatable bonds is 6. The summed E-state index contributed by atoms with van der Waals surface area (Å²) >= 11 is 0. The number of benzene rings is 7. The van der Waals surface area contributed by atoms with Crippen LogP contribution in [-0.4, -0.2) is 19.6 Å². The van der Waals surface area contributed by atoms with Crippen molar-refractivity contribution in [1.82, 2.24) is 14.5 Å². The summed E-state index contributed by atoms with van der Waals surface area (Å²) < 4.78 is 8.76. The smallest absolute Gasteiger partial charge is 0.149 e. The van der Waals surface area contributed by atoms with Crippen LogP contribution in [0.25, 0.3) is 83.2 Å². The summed E-state index contributed by atoms with van der Waals surface area (Å²) in [7, 11) is 0. The van der Waals surface area contributed by atoms with Crippen molar-refractivity contribution in [2.45, 2.75) is 71.6 Å². The molecule has 0 saturated carbocycles. The monoisotopic (exact) mass is 809 g/mol. The topological polar surface area (TPSA) is 64.1 Å². The first kappa shape index (κ1) is 39.2. The van der Waals surface area contributed by atoms with Crippen LogP contribution in [0.2, 0.25) is 0 Å². The molecule has 306 valence electrons. The summed E-state index contributed by atoms with van der Waals surface area (Å²) in [6, 6.07) is 53.3. The molecule has 0 aliphatic rings. The number of aromatic hydroxyl groups is 1. The summed E-state index contributed by atoms with van der Waals surface area (Å²) in [5.74, 6) is 0.951. The fourth-order valence-corrected chi connectivity index (χ4v) is 9.07. The van der Waals surface area contributed by atoms with Gasteiger partial charge in [-0.3, -0.25) is 9.55 Å². The SMILES string of the molecule is CC(C)(C)c1cc(-c2nc3c(-c4cc(-c5cc6oc7ccc8ccccc8c7c6cn5)cc(C(C)(C)c5ccccc5)c4)cccc3n2-c2ccccc2)c(O)c(C(C)(C)C)c1. The Morgan fingerprint density at radius 3 is 2.00 bits per heavy atom. The molecule has 5 nitrogen and oxygen atoms in total.